The van der Waals surface area contributed by atoms with E-state index in [2.05, 4.69) is 222 Å². The number of para-hydroxylation sites is 1. The molecule has 3 heteroatoms. The van der Waals surface area contributed by atoms with Crippen LogP contribution in [0.25, 0.3) is 66.1 Å². The van der Waals surface area contributed by atoms with Gasteiger partial charge in [-0.3, -0.25) is 0 Å². The Kier molecular flexibility index (Phi) is 6.85. The number of hydrogen-bond donors (Lipinski definition) is 0. The van der Waals surface area contributed by atoms with E-state index in [-0.39, 0.29) is 6.71 Å². The van der Waals surface area contributed by atoms with Gasteiger partial charge in [0, 0.05) is 34.1 Å². The lowest BCUT2D eigenvalue weighted by molar-refractivity contribution is 1.28. The number of fused-ring (bicyclic) bond motifs is 2. The molecule has 13 rings (SSSR count). The largest absolute Gasteiger partial charge is 0.311 e. The van der Waals surface area contributed by atoms with Gasteiger partial charge in [0.15, 0.2) is 0 Å². The summed E-state index contributed by atoms with van der Waals surface area (Å²) in [7, 11) is 0. The molecule has 10 aromatic carbocycles. The van der Waals surface area contributed by atoms with Crippen molar-refractivity contribution in [3.05, 3.63) is 212 Å². The molecule has 272 valence electrons. The summed E-state index contributed by atoms with van der Waals surface area (Å²) < 4.78 is 0. The van der Waals surface area contributed by atoms with E-state index >= 15 is 0 Å². The maximum Gasteiger partial charge on any atom is 0.249 e. The zero-order chi connectivity index (χ0) is 38.6. The van der Waals surface area contributed by atoms with E-state index < -0.39 is 0 Å². The number of hydrogen-bond acceptors (Lipinski definition) is 2. The highest BCUT2D eigenvalue weighted by atomic mass is 15.2. The number of benzene rings is 10. The van der Waals surface area contributed by atoms with Gasteiger partial charge in [0.2, 0.25) is 6.71 Å². The average Bonchev–Trinajstić information content (AvgIpc) is 3.31. The van der Waals surface area contributed by atoms with Crippen LogP contribution >= 0.6 is 0 Å². The van der Waals surface area contributed by atoms with E-state index in [1.807, 2.05) is 0 Å². The minimum absolute atomic E-state index is 0.111. The lowest BCUT2D eigenvalue weighted by Crippen LogP contribution is -2.61. The van der Waals surface area contributed by atoms with Gasteiger partial charge < -0.3 is 9.80 Å². The first-order chi connectivity index (χ1) is 29.3. The smallest absolute Gasteiger partial charge is 0.249 e. The van der Waals surface area contributed by atoms with Crippen LogP contribution in [0.3, 0.4) is 0 Å². The van der Waals surface area contributed by atoms with Crippen molar-refractivity contribution >= 4 is 78.8 Å². The molecule has 0 amide bonds. The molecule has 3 heterocycles. The molecule has 0 aromatic heterocycles. The maximum atomic E-state index is 2.51. The van der Waals surface area contributed by atoms with Crippen LogP contribution in [0.15, 0.2) is 212 Å². The second-order valence-corrected chi connectivity index (χ2v) is 16.0. The predicted molar refractivity (Wildman–Crippen MR) is 251 cm³/mol. The third kappa shape index (κ3) is 4.70. The molecule has 0 atom stereocenters. The fourth-order valence-corrected chi connectivity index (χ4v) is 10.5. The molecule has 0 saturated heterocycles. The summed E-state index contributed by atoms with van der Waals surface area (Å²) in [4.78, 5) is 4.97. The Labute approximate surface area is 344 Å². The average molecular weight is 747 g/mol. The lowest BCUT2D eigenvalue weighted by atomic mass is 9.29. The first kappa shape index (κ1) is 32.5. The van der Waals surface area contributed by atoms with Crippen LogP contribution in [0.4, 0.5) is 34.1 Å². The van der Waals surface area contributed by atoms with Gasteiger partial charge in [0.25, 0.3) is 0 Å². The van der Waals surface area contributed by atoms with Crippen LogP contribution < -0.4 is 26.2 Å². The zero-order valence-electron chi connectivity index (χ0n) is 32.2. The lowest BCUT2D eigenvalue weighted by Gasteiger charge is -2.44. The van der Waals surface area contributed by atoms with Crippen LogP contribution in [0, 0.1) is 0 Å². The van der Waals surface area contributed by atoms with Gasteiger partial charge in [0.05, 0.1) is 0 Å². The second-order valence-electron chi connectivity index (χ2n) is 16.0. The van der Waals surface area contributed by atoms with Crippen molar-refractivity contribution in [2.45, 2.75) is 0 Å². The maximum absolute atomic E-state index is 2.51. The van der Waals surface area contributed by atoms with Crippen molar-refractivity contribution in [3.63, 3.8) is 0 Å². The van der Waals surface area contributed by atoms with Crippen LogP contribution in [0.2, 0.25) is 0 Å². The SMILES string of the molecule is c1ccc(-c2ccc(N(c3ccc(-c4ccccc4)cc3)c3cc4c5c(c3)-c3cccc6ccc7c(c36)B5c3c(ccc5cccc-4c35)N7c3ccccc3)cc2)cc1. The molecular weight excluding hydrogens is 711 g/mol. The first-order valence-electron chi connectivity index (χ1n) is 20.5. The van der Waals surface area contributed by atoms with Crippen molar-refractivity contribution in [1.82, 2.24) is 0 Å². The summed E-state index contributed by atoms with van der Waals surface area (Å²) in [5.41, 5.74) is 21.4. The molecule has 59 heavy (non-hydrogen) atoms. The molecule has 0 unspecified atom stereocenters. The van der Waals surface area contributed by atoms with E-state index in [1.165, 1.54) is 99.5 Å². The van der Waals surface area contributed by atoms with Crippen molar-refractivity contribution in [2.75, 3.05) is 9.80 Å². The Morgan fingerprint density at radius 3 is 1.24 bits per heavy atom. The molecule has 3 aliphatic heterocycles. The van der Waals surface area contributed by atoms with Crippen LogP contribution in [-0.4, -0.2) is 6.71 Å². The van der Waals surface area contributed by atoms with E-state index in [0.29, 0.717) is 0 Å². The Morgan fingerprint density at radius 1 is 0.322 bits per heavy atom. The Balaban J connectivity index is 1.09. The summed E-state index contributed by atoms with van der Waals surface area (Å²) in [5, 5.41) is 5.29. The van der Waals surface area contributed by atoms with Gasteiger partial charge in [-0.1, -0.05) is 157 Å². The van der Waals surface area contributed by atoms with Gasteiger partial charge in [-0.25, -0.2) is 0 Å². The van der Waals surface area contributed by atoms with Gasteiger partial charge in [-0.05, 0) is 138 Å². The second kappa shape index (κ2) is 12.4. The Morgan fingerprint density at radius 2 is 0.763 bits per heavy atom. The molecule has 10 aromatic rings. The molecule has 0 N–H and O–H groups in total. The highest BCUT2D eigenvalue weighted by molar-refractivity contribution is 7.03. The predicted octanol–water partition coefficient (Wildman–Crippen LogP) is 13.1. The van der Waals surface area contributed by atoms with Crippen molar-refractivity contribution in [3.8, 4) is 44.5 Å². The summed E-state index contributed by atoms with van der Waals surface area (Å²) >= 11 is 0. The van der Waals surface area contributed by atoms with Crippen LogP contribution in [0.1, 0.15) is 0 Å². The quantitative estimate of drug-likeness (QED) is 0.156. The van der Waals surface area contributed by atoms with E-state index in [0.717, 1.165) is 17.1 Å². The summed E-state index contributed by atoms with van der Waals surface area (Å²) in [6.45, 7) is 0.111. The van der Waals surface area contributed by atoms with E-state index in [1.54, 1.807) is 0 Å². The zero-order valence-corrected chi connectivity index (χ0v) is 32.2. The van der Waals surface area contributed by atoms with Crippen molar-refractivity contribution in [2.24, 2.45) is 0 Å². The molecule has 0 aliphatic carbocycles. The molecule has 2 nitrogen and oxygen atoms in total. The minimum Gasteiger partial charge on any atom is -0.311 e. The Hall–Kier alpha value is -7.62. The van der Waals surface area contributed by atoms with Crippen molar-refractivity contribution in [1.29, 1.82) is 0 Å². The van der Waals surface area contributed by atoms with Crippen LogP contribution in [-0.2, 0) is 0 Å². The Bertz CT molecular complexity index is 3110. The molecule has 3 aliphatic rings. The number of anilines is 6. The summed E-state index contributed by atoms with van der Waals surface area (Å²) in [6.07, 6.45) is 0. The fraction of sp³-hybridized carbons (Fsp3) is 0. The van der Waals surface area contributed by atoms with Crippen molar-refractivity contribution < 1.29 is 0 Å². The third-order valence-electron chi connectivity index (χ3n) is 13.0. The van der Waals surface area contributed by atoms with Gasteiger partial charge in [0.1, 0.15) is 0 Å². The topological polar surface area (TPSA) is 6.48 Å². The van der Waals surface area contributed by atoms with Gasteiger partial charge >= 0.3 is 0 Å². The van der Waals surface area contributed by atoms with E-state index in [9.17, 15) is 0 Å². The molecular formula is C56H35BN2. The minimum atomic E-state index is 0.111. The molecule has 0 saturated carbocycles. The highest BCUT2D eigenvalue weighted by Gasteiger charge is 2.45. The molecule has 0 bridgehead atoms. The van der Waals surface area contributed by atoms with Gasteiger partial charge in [-0.2, -0.15) is 0 Å². The standard InChI is InChI=1S/C56H35BN2/c1-4-12-36(13-5-1)38-22-28-43(29-23-38)58(44-30-24-39(25-31-44)37-14-6-2-7-15-37)45-34-48-46-20-10-16-40-26-32-50-55(52(40)46)57-54(48)49(35-45)47-21-11-17-41-27-33-51(56(57)53(41)47)59(50)42-18-8-3-9-19-42/h1-35H. The highest BCUT2D eigenvalue weighted by Crippen LogP contribution is 2.49. The summed E-state index contributed by atoms with van der Waals surface area (Å²) in [5.74, 6) is 0. The first-order valence-corrected chi connectivity index (χ1v) is 20.5. The monoisotopic (exact) mass is 746 g/mol. The normalized spacial score (nSPS) is 12.7. The van der Waals surface area contributed by atoms with E-state index in [4.69, 9.17) is 0 Å². The molecule has 0 radical (unpaired) electrons. The number of nitrogens with zero attached hydrogens (tertiary/aromatic N) is 2. The third-order valence-corrected chi connectivity index (χ3v) is 13.0. The van der Waals surface area contributed by atoms with Crippen LogP contribution in [0.5, 0.6) is 0 Å². The fourth-order valence-electron chi connectivity index (χ4n) is 10.5. The summed E-state index contributed by atoms with van der Waals surface area (Å²) in [6, 6.07) is 78.5. The number of rotatable bonds is 6. The molecule has 0 fully saturated rings. The molecule has 0 spiro atoms. The van der Waals surface area contributed by atoms with Gasteiger partial charge in [-0.15, -0.1) is 0 Å².